The Kier molecular flexibility index (Phi) is 23.9. The molecule has 2 amide bonds. The molecule has 0 fully saturated rings. The van der Waals surface area contributed by atoms with Crippen LogP contribution in [0.1, 0.15) is 71.7 Å². The molecule has 0 aliphatic carbocycles. The third-order valence-electron chi connectivity index (χ3n) is 8.72. The van der Waals surface area contributed by atoms with Crippen LogP contribution >= 0.6 is 46.4 Å². The molecule has 0 saturated heterocycles. The van der Waals surface area contributed by atoms with Gasteiger partial charge in [-0.15, -0.1) is 0 Å². The predicted octanol–water partition coefficient (Wildman–Crippen LogP) is 9.43. The van der Waals surface area contributed by atoms with Gasteiger partial charge in [0.25, 0.3) is 5.91 Å². The Morgan fingerprint density at radius 3 is 1.42 bits per heavy atom. The predicted molar refractivity (Wildman–Crippen MR) is 236 cm³/mol. The van der Waals surface area contributed by atoms with Crippen LogP contribution in [0.25, 0.3) is 9.69 Å². The van der Waals surface area contributed by atoms with E-state index in [1.165, 1.54) is 13.8 Å². The average Bonchev–Trinajstić information content (AvgIpc) is 3.18. The van der Waals surface area contributed by atoms with E-state index in [4.69, 9.17) is 70.5 Å². The van der Waals surface area contributed by atoms with Crippen LogP contribution < -0.4 is 16.6 Å². The van der Waals surface area contributed by atoms with E-state index in [0.717, 1.165) is 11.1 Å². The highest BCUT2D eigenvalue weighted by Crippen LogP contribution is 2.33. The first-order valence-corrected chi connectivity index (χ1v) is 18.6. The number of carboxylic acid groups (broad SMARTS) is 1. The number of aliphatic hydroxyl groups is 2. The first-order chi connectivity index (χ1) is 26.9. The Labute approximate surface area is 365 Å². The van der Waals surface area contributed by atoms with Crippen molar-refractivity contribution in [2.24, 2.45) is 17.7 Å². The molecule has 0 aliphatic rings. The first-order valence-electron chi connectivity index (χ1n) is 17.1. The molecule has 0 heterocycles. The highest BCUT2D eigenvalue weighted by Gasteiger charge is 2.26. The maximum absolute atomic E-state index is 12.6. The number of hydrogen-bond donors (Lipinski definition) is 6. The van der Waals surface area contributed by atoms with Gasteiger partial charge < -0.3 is 20.6 Å². The van der Waals surface area contributed by atoms with E-state index in [0.29, 0.717) is 53.7 Å². The molecule has 7 N–H and O–H groups in total. The number of Topliss-reactive ketones (excluding diaryl/α,β-unsaturated/α-hetero) is 1. The minimum Gasteiger partial charge on any atom is -0.481 e. The van der Waals surface area contributed by atoms with Crippen LogP contribution in [0.15, 0.2) is 72.8 Å². The number of benzene rings is 4. The van der Waals surface area contributed by atoms with Gasteiger partial charge in [0.1, 0.15) is 0 Å². The van der Waals surface area contributed by atoms with Crippen molar-refractivity contribution in [3.05, 3.63) is 149 Å². The van der Waals surface area contributed by atoms with Crippen LogP contribution in [-0.2, 0) is 22.4 Å². The smallest absolute Gasteiger partial charge is 0.309 e. The Bertz CT molecular complexity index is 2130. The molecule has 0 bridgehead atoms. The van der Waals surface area contributed by atoms with Crippen molar-refractivity contribution >= 4 is 81.3 Å². The summed E-state index contributed by atoms with van der Waals surface area (Å²) in [6.45, 7) is 20.3. The van der Waals surface area contributed by atoms with Gasteiger partial charge in [-0.2, -0.15) is 0 Å². The molecule has 0 radical (unpaired) electrons. The number of nitrogens with zero attached hydrogens (tertiary/aromatic N) is 2. The summed E-state index contributed by atoms with van der Waals surface area (Å²) >= 11 is 23.6. The standard InChI is InChI=1S/C21H20Cl2N2O3.C13H14ClNO3.C7H7ClN2O.2CH4/c1-12-15(6-9-18(24-3)20(12)23)10-17(13(2)26)21(28)25-11-19(27)14-4-7-16(22)8-5-14;1-7-9(4-5-11(15-3)12(7)14)6-10(8(2)16)13(17)18;8-6-3-1-5(2-4-6)7(11)10-9;;/h4-9,13,17,26H,10-11H2,1-2H3,(H,25,28);4-5,8,10,16H,6H2,1-2H3,(H,17,18);1-4H,9H2,(H,10,11);2*1H4/t13-,17+;8-,10+;;;/m00.../s1. The molecule has 4 atom stereocenters. The molecule has 0 spiro atoms. The van der Waals surface area contributed by atoms with Gasteiger partial charge in [0.15, 0.2) is 5.78 Å². The fraction of sp³-hybridized carbons (Fsp3) is 0.302. The summed E-state index contributed by atoms with van der Waals surface area (Å²) in [7, 11) is 0. The highest BCUT2D eigenvalue weighted by atomic mass is 35.5. The number of carboxylic acids is 1. The Hall–Kier alpha value is -5.02. The van der Waals surface area contributed by atoms with Crippen molar-refractivity contribution in [2.75, 3.05) is 6.54 Å². The normalized spacial score (nSPS) is 11.9. The number of aliphatic hydroxyl groups excluding tert-OH is 2. The third-order valence-corrected chi connectivity index (χ3v) is 10.2. The number of nitrogens with two attached hydrogens (primary N) is 1. The zero-order valence-electron chi connectivity index (χ0n) is 31.3. The number of nitrogens with one attached hydrogen (secondary N) is 2. The van der Waals surface area contributed by atoms with Gasteiger partial charge in [-0.05, 0) is 111 Å². The number of ketones is 1. The van der Waals surface area contributed by atoms with Gasteiger partial charge >= 0.3 is 5.97 Å². The van der Waals surface area contributed by atoms with Crippen molar-refractivity contribution in [3.8, 4) is 0 Å². The number of hydrogen-bond acceptors (Lipinski definition) is 7. The molecule has 4 rings (SSSR count). The highest BCUT2D eigenvalue weighted by molar-refractivity contribution is 6.34. The maximum atomic E-state index is 12.6. The minimum absolute atomic E-state index is 0. The Balaban J connectivity index is 0.000000930. The number of amides is 2. The van der Waals surface area contributed by atoms with Crippen molar-refractivity contribution in [2.45, 2.75) is 67.6 Å². The largest absolute Gasteiger partial charge is 0.481 e. The Morgan fingerprint density at radius 2 is 1.07 bits per heavy atom. The molecule has 0 aromatic heterocycles. The molecule has 12 nitrogen and oxygen atoms in total. The third kappa shape index (κ3) is 16.3. The van der Waals surface area contributed by atoms with E-state index in [9.17, 15) is 29.4 Å². The second-order valence-electron chi connectivity index (χ2n) is 12.7. The molecular formula is C43H49Cl4N5O7. The van der Waals surface area contributed by atoms with Gasteiger partial charge in [0, 0.05) is 21.2 Å². The van der Waals surface area contributed by atoms with Crippen LogP contribution in [0.2, 0.25) is 20.1 Å². The molecule has 4 aromatic rings. The van der Waals surface area contributed by atoms with E-state index in [2.05, 4.69) is 15.0 Å². The van der Waals surface area contributed by atoms with Crippen LogP contribution in [-0.4, -0.2) is 57.6 Å². The number of halogens is 4. The zero-order chi connectivity index (χ0) is 43.0. The van der Waals surface area contributed by atoms with E-state index >= 15 is 0 Å². The summed E-state index contributed by atoms with van der Waals surface area (Å²) in [5.41, 5.74) is 6.54. The molecule has 4 aromatic carbocycles. The SMILES string of the molecule is C.C.NNC(=O)c1ccc(Cl)cc1.[C-]#[N+]c1ccc(C[C@@H](C(=O)NCC(=O)c2ccc(Cl)cc2)[C@H](C)O)c(C)c1Cl.[C-]#[N+]c1ccc(C[C@@H](C(=O)O)[C@H](C)O)c(C)c1Cl. The number of carbonyl (C=O) groups is 4. The zero-order valence-corrected chi connectivity index (χ0v) is 34.3. The summed E-state index contributed by atoms with van der Waals surface area (Å²) in [6.07, 6.45) is -1.44. The number of aliphatic carboxylic acids is 1. The van der Waals surface area contributed by atoms with Gasteiger partial charge in [-0.3, -0.25) is 24.6 Å². The summed E-state index contributed by atoms with van der Waals surface area (Å²) in [4.78, 5) is 53.3. The Morgan fingerprint density at radius 1 is 0.678 bits per heavy atom. The van der Waals surface area contributed by atoms with Gasteiger partial charge in [-0.1, -0.05) is 85.5 Å². The first kappa shape index (κ1) is 54.0. The summed E-state index contributed by atoms with van der Waals surface area (Å²) in [6, 6.07) is 19.4. The van der Waals surface area contributed by atoms with Gasteiger partial charge in [0.05, 0.1) is 53.8 Å². The maximum Gasteiger partial charge on any atom is 0.309 e. The van der Waals surface area contributed by atoms with Crippen molar-refractivity contribution in [3.63, 3.8) is 0 Å². The van der Waals surface area contributed by atoms with Crippen molar-refractivity contribution in [1.29, 1.82) is 0 Å². The lowest BCUT2D eigenvalue weighted by Gasteiger charge is -2.21. The number of nitrogen functional groups attached to an aromatic ring is 1. The number of rotatable bonds is 12. The molecular weight excluding hydrogens is 840 g/mol. The quantitative estimate of drug-likeness (QED) is 0.0267. The average molecular weight is 890 g/mol. The number of carbonyl (C=O) groups excluding carboxylic acids is 3. The lowest BCUT2D eigenvalue weighted by Crippen LogP contribution is -2.40. The van der Waals surface area contributed by atoms with Gasteiger partial charge in [0.2, 0.25) is 17.3 Å². The molecule has 316 valence electrons. The molecule has 16 heteroatoms. The number of hydrazine groups is 1. The molecule has 0 saturated carbocycles. The molecule has 0 aliphatic heterocycles. The van der Waals surface area contributed by atoms with Crippen molar-refractivity contribution in [1.82, 2.24) is 10.7 Å². The van der Waals surface area contributed by atoms with Crippen LogP contribution in [0.4, 0.5) is 11.4 Å². The monoisotopic (exact) mass is 887 g/mol. The van der Waals surface area contributed by atoms with Crippen LogP contribution in [0.3, 0.4) is 0 Å². The van der Waals surface area contributed by atoms with E-state index in [-0.39, 0.29) is 45.9 Å². The second-order valence-corrected chi connectivity index (χ2v) is 14.3. The van der Waals surface area contributed by atoms with E-state index in [1.54, 1.807) is 86.6 Å². The van der Waals surface area contributed by atoms with E-state index < -0.39 is 35.9 Å². The fourth-order valence-corrected chi connectivity index (χ4v) is 5.88. The molecule has 59 heavy (non-hydrogen) atoms. The summed E-state index contributed by atoms with van der Waals surface area (Å²) in [5, 5.41) is 32.9. The second kappa shape index (κ2) is 26.2. The topological polar surface area (TPSA) is 188 Å². The minimum atomic E-state index is -1.05. The summed E-state index contributed by atoms with van der Waals surface area (Å²) in [5.74, 6) is 1.23. The lowest BCUT2D eigenvalue weighted by atomic mass is 9.91. The van der Waals surface area contributed by atoms with Crippen LogP contribution in [0, 0.1) is 38.8 Å². The lowest BCUT2D eigenvalue weighted by molar-refractivity contribution is -0.145. The summed E-state index contributed by atoms with van der Waals surface area (Å²) < 4.78 is 0. The van der Waals surface area contributed by atoms with E-state index in [1.807, 2.05) is 5.43 Å². The van der Waals surface area contributed by atoms with Gasteiger partial charge in [-0.25, -0.2) is 15.5 Å². The van der Waals surface area contributed by atoms with Crippen molar-refractivity contribution < 1.29 is 34.5 Å². The fourth-order valence-electron chi connectivity index (χ4n) is 5.18. The molecule has 0 unspecified atom stereocenters. The van der Waals surface area contributed by atoms with Crippen LogP contribution in [0.5, 0.6) is 0 Å².